The first-order chi connectivity index (χ1) is 11.1. The number of benzene rings is 2. The smallest absolute Gasteiger partial charge is 0.319 e. The molecular weight excluding hydrogens is 295 g/mol. The maximum absolute atomic E-state index is 13.1. The van der Waals surface area contributed by atoms with Crippen molar-refractivity contribution in [3.8, 4) is 0 Å². The Hall–Kier alpha value is -2.40. The quantitative estimate of drug-likeness (QED) is 0.759. The minimum absolute atomic E-state index is 0.0731. The van der Waals surface area contributed by atoms with E-state index in [9.17, 15) is 9.18 Å². The highest BCUT2D eigenvalue weighted by molar-refractivity contribution is 5.90. The van der Waals surface area contributed by atoms with Crippen molar-refractivity contribution in [2.75, 3.05) is 11.9 Å². The van der Waals surface area contributed by atoms with Crippen molar-refractivity contribution in [3.05, 3.63) is 65.5 Å². The molecule has 122 valence electrons. The number of aliphatic hydroxyl groups excluding tert-OH is 1. The van der Waals surface area contributed by atoms with Crippen molar-refractivity contribution in [1.82, 2.24) is 5.32 Å². The fraction of sp³-hybridized carbons (Fsp3) is 0.278. The second kappa shape index (κ2) is 8.29. The lowest BCUT2D eigenvalue weighted by molar-refractivity contribution is 0.243. The molecule has 1 atom stereocenters. The first-order valence-corrected chi connectivity index (χ1v) is 7.59. The van der Waals surface area contributed by atoms with Gasteiger partial charge in [-0.25, -0.2) is 9.18 Å². The lowest BCUT2D eigenvalue weighted by Gasteiger charge is -2.20. The van der Waals surface area contributed by atoms with Gasteiger partial charge >= 0.3 is 6.03 Å². The molecule has 0 unspecified atom stereocenters. The van der Waals surface area contributed by atoms with Gasteiger partial charge in [-0.05, 0) is 49.1 Å². The van der Waals surface area contributed by atoms with Crippen LogP contribution in [0, 0.1) is 12.7 Å². The maximum atomic E-state index is 13.1. The number of rotatable bonds is 6. The van der Waals surface area contributed by atoms with Crippen LogP contribution in [-0.2, 0) is 0 Å². The lowest BCUT2D eigenvalue weighted by Crippen LogP contribution is -2.33. The van der Waals surface area contributed by atoms with Crippen molar-refractivity contribution in [1.29, 1.82) is 0 Å². The minimum Gasteiger partial charge on any atom is -0.396 e. The Morgan fingerprint density at radius 1 is 1.22 bits per heavy atom. The Morgan fingerprint density at radius 3 is 2.61 bits per heavy atom. The Balaban J connectivity index is 2.05. The van der Waals surface area contributed by atoms with Crippen LogP contribution in [0.25, 0.3) is 0 Å². The number of urea groups is 1. The molecule has 0 radical (unpaired) electrons. The van der Waals surface area contributed by atoms with E-state index in [0.717, 1.165) is 5.56 Å². The summed E-state index contributed by atoms with van der Waals surface area (Å²) in [6, 6.07) is 13.3. The van der Waals surface area contributed by atoms with Crippen LogP contribution in [-0.4, -0.2) is 17.7 Å². The number of hydrogen-bond donors (Lipinski definition) is 3. The number of carbonyl (C=O) groups excluding carboxylic acids is 1. The summed E-state index contributed by atoms with van der Waals surface area (Å²) < 4.78 is 13.1. The van der Waals surface area contributed by atoms with Gasteiger partial charge in [-0.15, -0.1) is 0 Å². The van der Waals surface area contributed by atoms with E-state index in [1.165, 1.54) is 18.2 Å². The highest BCUT2D eigenvalue weighted by atomic mass is 19.1. The molecule has 4 nitrogen and oxygen atoms in total. The fourth-order valence-electron chi connectivity index (χ4n) is 2.39. The third kappa shape index (κ3) is 5.07. The predicted molar refractivity (Wildman–Crippen MR) is 88.8 cm³/mol. The van der Waals surface area contributed by atoms with Crippen LogP contribution >= 0.6 is 0 Å². The summed E-state index contributed by atoms with van der Waals surface area (Å²) in [6.45, 7) is 1.81. The Labute approximate surface area is 135 Å². The van der Waals surface area contributed by atoms with Crippen molar-refractivity contribution in [2.45, 2.75) is 25.8 Å². The van der Waals surface area contributed by atoms with E-state index in [0.29, 0.717) is 24.1 Å². The van der Waals surface area contributed by atoms with Crippen molar-refractivity contribution < 1.29 is 14.3 Å². The average Bonchev–Trinajstić information content (AvgIpc) is 2.55. The van der Waals surface area contributed by atoms with Crippen LogP contribution in [0.15, 0.2) is 48.5 Å². The molecule has 0 aliphatic heterocycles. The highest BCUT2D eigenvalue weighted by Gasteiger charge is 2.14. The van der Waals surface area contributed by atoms with Gasteiger partial charge in [-0.1, -0.05) is 30.3 Å². The molecule has 0 fully saturated rings. The van der Waals surface area contributed by atoms with Crippen LogP contribution in [0.5, 0.6) is 0 Å². The second-order valence-corrected chi connectivity index (χ2v) is 5.39. The van der Waals surface area contributed by atoms with Crippen LogP contribution in [0.2, 0.25) is 0 Å². The normalized spacial score (nSPS) is 11.8. The number of hydrogen-bond acceptors (Lipinski definition) is 2. The maximum Gasteiger partial charge on any atom is 0.319 e. The largest absolute Gasteiger partial charge is 0.396 e. The Bertz CT molecular complexity index is 647. The number of anilines is 1. The van der Waals surface area contributed by atoms with E-state index in [2.05, 4.69) is 10.6 Å². The molecule has 0 aliphatic rings. The van der Waals surface area contributed by atoms with Gasteiger partial charge in [0.2, 0.25) is 0 Å². The molecule has 2 aromatic carbocycles. The van der Waals surface area contributed by atoms with Gasteiger partial charge in [0.15, 0.2) is 0 Å². The van der Waals surface area contributed by atoms with Gasteiger partial charge in [-0.2, -0.15) is 0 Å². The third-order valence-electron chi connectivity index (χ3n) is 3.59. The first kappa shape index (κ1) is 17.0. The summed E-state index contributed by atoms with van der Waals surface area (Å²) >= 11 is 0. The van der Waals surface area contributed by atoms with E-state index in [-0.39, 0.29) is 24.5 Å². The van der Waals surface area contributed by atoms with Gasteiger partial charge in [0.1, 0.15) is 5.82 Å². The van der Waals surface area contributed by atoms with Crippen molar-refractivity contribution in [2.24, 2.45) is 0 Å². The van der Waals surface area contributed by atoms with Crippen LogP contribution in [0.1, 0.15) is 30.0 Å². The molecule has 0 aliphatic carbocycles. The zero-order chi connectivity index (χ0) is 16.7. The monoisotopic (exact) mass is 316 g/mol. The summed E-state index contributed by atoms with van der Waals surface area (Å²) in [7, 11) is 0. The van der Waals surface area contributed by atoms with E-state index in [1.807, 2.05) is 30.3 Å². The third-order valence-corrected chi connectivity index (χ3v) is 3.59. The summed E-state index contributed by atoms with van der Waals surface area (Å²) in [4.78, 5) is 12.2. The summed E-state index contributed by atoms with van der Waals surface area (Å²) in [5.41, 5.74) is 2.21. The molecule has 0 spiro atoms. The van der Waals surface area contributed by atoms with Gasteiger partial charge < -0.3 is 15.7 Å². The van der Waals surface area contributed by atoms with Crippen molar-refractivity contribution in [3.63, 3.8) is 0 Å². The van der Waals surface area contributed by atoms with Gasteiger partial charge in [0.05, 0.1) is 6.04 Å². The fourth-order valence-corrected chi connectivity index (χ4v) is 2.39. The number of amides is 2. The molecule has 2 rings (SSSR count). The summed E-state index contributed by atoms with van der Waals surface area (Å²) in [6.07, 6.45) is 1.23. The lowest BCUT2D eigenvalue weighted by atomic mass is 10.0. The number of halogens is 1. The molecule has 5 heteroatoms. The molecule has 0 bridgehead atoms. The number of aliphatic hydroxyl groups is 1. The molecule has 0 aromatic heterocycles. The van der Waals surface area contributed by atoms with Crippen LogP contribution in [0.3, 0.4) is 0 Å². The average molecular weight is 316 g/mol. The summed E-state index contributed by atoms with van der Waals surface area (Å²) in [5.74, 6) is -0.335. The SMILES string of the molecule is Cc1cc(F)ccc1NC(=O)N[C@H](CCCO)c1ccccc1. The van der Waals surface area contributed by atoms with E-state index >= 15 is 0 Å². The van der Waals surface area contributed by atoms with Crippen molar-refractivity contribution >= 4 is 11.7 Å². The Morgan fingerprint density at radius 2 is 1.96 bits per heavy atom. The van der Waals surface area contributed by atoms with E-state index in [1.54, 1.807) is 6.92 Å². The summed E-state index contributed by atoms with van der Waals surface area (Å²) in [5, 5.41) is 14.7. The molecule has 0 saturated carbocycles. The zero-order valence-electron chi connectivity index (χ0n) is 13.1. The van der Waals surface area contributed by atoms with Crippen LogP contribution in [0.4, 0.5) is 14.9 Å². The number of nitrogens with one attached hydrogen (secondary N) is 2. The molecule has 0 heterocycles. The first-order valence-electron chi connectivity index (χ1n) is 7.59. The van der Waals surface area contributed by atoms with Crippen LogP contribution < -0.4 is 10.6 Å². The van der Waals surface area contributed by atoms with E-state index < -0.39 is 0 Å². The molecule has 0 saturated heterocycles. The molecule has 23 heavy (non-hydrogen) atoms. The second-order valence-electron chi connectivity index (χ2n) is 5.39. The molecule has 2 amide bonds. The zero-order valence-corrected chi connectivity index (χ0v) is 13.1. The topological polar surface area (TPSA) is 61.4 Å². The number of aryl methyl sites for hydroxylation is 1. The van der Waals surface area contributed by atoms with Gasteiger partial charge in [-0.3, -0.25) is 0 Å². The standard InChI is InChI=1S/C18H21FN2O2/c1-13-12-15(19)9-10-16(13)20-18(23)21-17(8-5-11-22)14-6-3-2-4-7-14/h2-4,6-7,9-10,12,17,22H,5,8,11H2,1H3,(H2,20,21,23)/t17-/m1/s1. The van der Waals surface area contributed by atoms with Gasteiger partial charge in [0, 0.05) is 12.3 Å². The van der Waals surface area contributed by atoms with Gasteiger partial charge in [0.25, 0.3) is 0 Å². The highest BCUT2D eigenvalue weighted by Crippen LogP contribution is 2.19. The Kier molecular flexibility index (Phi) is 6.11. The predicted octanol–water partition coefficient (Wildman–Crippen LogP) is 3.77. The minimum atomic E-state index is -0.355. The number of carbonyl (C=O) groups is 1. The van der Waals surface area contributed by atoms with E-state index in [4.69, 9.17) is 5.11 Å². The molecule has 3 N–H and O–H groups in total. The molecule has 2 aromatic rings. The molecular formula is C18H21FN2O2.